The van der Waals surface area contributed by atoms with Crippen molar-refractivity contribution in [3.8, 4) is 233 Å². The lowest BCUT2D eigenvalue weighted by molar-refractivity contribution is 1.07. The first-order valence-electron chi connectivity index (χ1n) is 48.6. The molecule has 24 aromatic rings. The van der Waals surface area contributed by atoms with Crippen molar-refractivity contribution in [2.75, 3.05) is 0 Å². The largest absolute Gasteiger partial charge is 0.238 e. The number of nitriles is 5. The quantitative estimate of drug-likeness (QED) is 0.0726. The molecule has 0 unspecified atom stereocenters. The molecule has 21 aromatic carbocycles. The minimum atomic E-state index is 0.540. The fourth-order valence-corrected chi connectivity index (χ4v) is 19.0. The number of nitrogens with zero attached hydrogens (tertiary/aromatic N) is 15. The van der Waals surface area contributed by atoms with Crippen LogP contribution >= 0.6 is 0 Å². The Labute approximate surface area is 866 Å². The normalized spacial score (nSPS) is 10.8. The van der Waals surface area contributed by atoms with E-state index in [-0.39, 0.29) is 0 Å². The van der Waals surface area contributed by atoms with Crippen LogP contribution in [0.25, 0.3) is 240 Å². The number of aromatic nitrogens is 9. The summed E-state index contributed by atoms with van der Waals surface area (Å²) in [5, 5.41) is 55.5. The van der Waals surface area contributed by atoms with Crippen LogP contribution in [0.3, 0.4) is 0 Å². The zero-order valence-corrected chi connectivity index (χ0v) is 80.5. The van der Waals surface area contributed by atoms with Crippen LogP contribution in [-0.4, -0.2) is 44.9 Å². The van der Waals surface area contributed by atoms with Crippen LogP contribution in [0.4, 0.5) is 5.69 Å². The van der Waals surface area contributed by atoms with E-state index in [0.717, 1.165) is 183 Å². The molecule has 0 saturated carbocycles. The molecule has 0 fully saturated rings. The second-order valence-electron chi connectivity index (χ2n) is 35.7. The molecular formula is C135H81N15. The molecule has 0 aliphatic rings. The zero-order valence-electron chi connectivity index (χ0n) is 80.5. The third kappa shape index (κ3) is 20.0. The van der Waals surface area contributed by atoms with Crippen molar-refractivity contribution in [2.45, 2.75) is 0 Å². The van der Waals surface area contributed by atoms with E-state index in [2.05, 4.69) is 211 Å². The highest BCUT2D eigenvalue weighted by atomic mass is 15.1. The van der Waals surface area contributed by atoms with Crippen molar-refractivity contribution in [3.05, 3.63) is 531 Å². The van der Waals surface area contributed by atoms with E-state index in [0.29, 0.717) is 85.9 Å². The molecule has 15 nitrogen and oxygen atoms in total. The number of hydrogen-bond donors (Lipinski definition) is 0. The summed E-state index contributed by atoms with van der Waals surface area (Å²) in [7, 11) is 0. The minimum absolute atomic E-state index is 0.540. The first kappa shape index (κ1) is 93.3. The van der Waals surface area contributed by atoms with Crippen LogP contribution in [0.2, 0.25) is 0 Å². The number of fused-ring (bicyclic) bond motifs is 3. The van der Waals surface area contributed by atoms with E-state index in [1.165, 1.54) is 0 Å². The summed E-state index contributed by atoms with van der Waals surface area (Å²) in [6.45, 7) is 7.28. The second kappa shape index (κ2) is 42.7. The van der Waals surface area contributed by atoms with Crippen molar-refractivity contribution in [1.82, 2.24) is 44.9 Å². The molecule has 3 aromatic heterocycles. The van der Waals surface area contributed by atoms with Gasteiger partial charge in [-0.05, 0) is 205 Å². The molecule has 0 radical (unpaired) electrons. The van der Waals surface area contributed by atoms with Gasteiger partial charge in [0.1, 0.15) is 0 Å². The van der Waals surface area contributed by atoms with Crippen LogP contribution in [0.15, 0.2) is 491 Å². The molecule has 15 heteroatoms. The van der Waals surface area contributed by atoms with Gasteiger partial charge in [-0.3, -0.25) is 0 Å². The van der Waals surface area contributed by atoms with E-state index in [1.54, 1.807) is 12.1 Å². The van der Waals surface area contributed by atoms with E-state index in [9.17, 15) is 26.3 Å². The monoisotopic (exact) mass is 1910 g/mol. The van der Waals surface area contributed by atoms with Gasteiger partial charge in [0.2, 0.25) is 0 Å². The predicted octanol–water partition coefficient (Wildman–Crippen LogP) is 33.0. The van der Waals surface area contributed by atoms with Gasteiger partial charge in [0, 0.05) is 50.1 Å². The topological polar surface area (TPSA) is 239 Å². The Kier molecular flexibility index (Phi) is 26.5. The van der Waals surface area contributed by atoms with Gasteiger partial charge in [-0.2, -0.15) is 26.3 Å². The molecular weight excluding hydrogens is 1830 g/mol. The second-order valence-corrected chi connectivity index (χ2v) is 35.7. The maximum Gasteiger partial charge on any atom is 0.187 e. The van der Waals surface area contributed by atoms with Gasteiger partial charge >= 0.3 is 0 Å². The molecule has 696 valence electrons. The Morgan fingerprint density at radius 2 is 0.353 bits per heavy atom. The van der Waals surface area contributed by atoms with E-state index >= 15 is 0 Å². The summed E-state index contributed by atoms with van der Waals surface area (Å²) in [5.74, 6) is 5.59. The van der Waals surface area contributed by atoms with E-state index in [4.69, 9.17) is 51.4 Å². The van der Waals surface area contributed by atoms with Crippen molar-refractivity contribution in [3.63, 3.8) is 0 Å². The van der Waals surface area contributed by atoms with Crippen LogP contribution in [0, 0.1) is 63.2 Å². The summed E-state index contributed by atoms with van der Waals surface area (Å²) < 4.78 is 0. The fraction of sp³-hybridized carbons (Fsp3) is 0. The van der Waals surface area contributed by atoms with Gasteiger partial charge in [-0.15, -0.1) is 0 Å². The van der Waals surface area contributed by atoms with Crippen LogP contribution in [0.5, 0.6) is 0 Å². The lowest BCUT2D eigenvalue weighted by Gasteiger charge is -2.14. The highest BCUT2D eigenvalue weighted by molar-refractivity contribution is 6.09. The maximum absolute atomic E-state index is 9.94. The first-order valence-corrected chi connectivity index (χ1v) is 48.6. The van der Waals surface area contributed by atoms with E-state index < -0.39 is 0 Å². The van der Waals surface area contributed by atoms with Gasteiger partial charge in [0.25, 0.3) is 0 Å². The predicted molar refractivity (Wildman–Crippen MR) is 600 cm³/mol. The average molecular weight is 1910 g/mol. The van der Waals surface area contributed by atoms with Crippen molar-refractivity contribution >= 4 is 38.0 Å². The number of benzene rings is 21. The molecule has 24 rings (SSSR count). The molecule has 0 atom stereocenters. The molecule has 0 saturated heterocycles. The Balaban J connectivity index is 0.000000127. The fourth-order valence-electron chi connectivity index (χ4n) is 19.0. The lowest BCUT2D eigenvalue weighted by Crippen LogP contribution is -2.00. The minimum Gasteiger partial charge on any atom is -0.238 e. The molecule has 150 heavy (non-hydrogen) atoms. The maximum atomic E-state index is 9.94. The van der Waals surface area contributed by atoms with Crippen LogP contribution < -0.4 is 0 Å². The summed E-state index contributed by atoms with van der Waals surface area (Å²) in [5.41, 5.74) is 29.4. The third-order valence-electron chi connectivity index (χ3n) is 26.4. The Bertz CT molecular complexity index is 9360. The smallest absolute Gasteiger partial charge is 0.187 e. The highest BCUT2D eigenvalue weighted by Gasteiger charge is 2.23. The Morgan fingerprint density at radius 1 is 0.147 bits per heavy atom. The van der Waals surface area contributed by atoms with Gasteiger partial charge in [0.05, 0.1) is 64.7 Å². The molecule has 0 aliphatic heterocycles. The Hall–Kier alpha value is -21.6. The van der Waals surface area contributed by atoms with Gasteiger partial charge in [-0.1, -0.05) is 419 Å². The average Bonchev–Trinajstić information content (AvgIpc) is 0.769. The molecule has 3 heterocycles. The van der Waals surface area contributed by atoms with Crippen molar-refractivity contribution < 1.29 is 0 Å². The third-order valence-corrected chi connectivity index (χ3v) is 26.4. The summed E-state index contributed by atoms with van der Waals surface area (Å²) in [4.78, 5) is 47.3. The van der Waals surface area contributed by atoms with Crippen LogP contribution in [0.1, 0.15) is 27.8 Å². The molecule has 0 amide bonds. The SMILES string of the molecule is N#Cc1cc(-c2ccccc2C#N)cc(-c2ccc(-c3ccc(-c4nc(-c5ccccc5)nc(-c5ccccc5)n4)cc3)c3ccccc23)c1.N#Cc1cccc(-c2cc(C#N)cc(-c3ccc(-c4ccc(-c5nc(-c6ccccc6)nc(-c6ccccc6)n5)cc4)c4ccccc34)c2)c1.[C-]#[N+]c1ccc(-c2cc(C#N)cc(-c3ccc(-c4ccc(-c5nc(-c6ccccc6)nc(-c6ccccc6)n5)cc4)c4ccccc34)c2)cc1. The van der Waals surface area contributed by atoms with Gasteiger partial charge in [-0.25, -0.2) is 49.7 Å². The number of rotatable bonds is 18. The van der Waals surface area contributed by atoms with Crippen molar-refractivity contribution in [1.29, 1.82) is 26.3 Å². The molecule has 0 N–H and O–H groups in total. The van der Waals surface area contributed by atoms with Gasteiger partial charge in [0.15, 0.2) is 58.1 Å². The van der Waals surface area contributed by atoms with Crippen molar-refractivity contribution in [2.24, 2.45) is 0 Å². The molecule has 0 spiro atoms. The lowest BCUT2D eigenvalue weighted by atomic mass is 9.89. The number of hydrogen-bond acceptors (Lipinski definition) is 14. The zero-order chi connectivity index (χ0) is 102. The first-order chi connectivity index (χ1) is 74.0. The standard InChI is InChI=1S/3C45H27N5/c1-47-38-22-20-31(21-23-38)36-26-30(29-46)27-37(28-36)40-25-24-39(41-14-8-9-15-42(40)41)32-16-18-35(19-17-32)45-49-43(33-10-4-2-5-11-33)48-44(50-45)34-12-6-3-7-13-34;46-28-30-10-9-15-36(24-30)37-25-31(29-47)26-38(27-37)40-23-22-39(41-16-7-8-17-42(40)41)32-18-20-35(21-19-32)45-49-43(33-11-3-1-4-12-33)48-44(50-45)34-13-5-2-6-14-34;46-28-30-25-36(38-16-8-7-15-35(38)29-47)27-37(26-30)40-24-23-39(41-17-9-10-18-42(40)41)31-19-21-34(22-20-31)45-49-43(32-11-3-1-4-12-32)48-44(50-45)33-13-5-2-6-14-33/h2-28H;2*1-27H. The van der Waals surface area contributed by atoms with Crippen LogP contribution in [-0.2, 0) is 0 Å². The summed E-state index contributed by atoms with van der Waals surface area (Å²) in [6, 6.07) is 174. The molecule has 0 bridgehead atoms. The highest BCUT2D eigenvalue weighted by Crippen LogP contribution is 2.45. The summed E-state index contributed by atoms with van der Waals surface area (Å²) in [6.07, 6.45) is 0. The Morgan fingerprint density at radius 3 is 0.627 bits per heavy atom. The van der Waals surface area contributed by atoms with E-state index in [1.807, 2.05) is 303 Å². The van der Waals surface area contributed by atoms with Gasteiger partial charge < -0.3 is 0 Å². The molecule has 0 aliphatic carbocycles. The summed E-state index contributed by atoms with van der Waals surface area (Å²) >= 11 is 0.